The molecule has 0 amide bonds. The molecule has 2 fully saturated rings. The molecule has 2 aromatic heterocycles. The van der Waals surface area contributed by atoms with Gasteiger partial charge in [0.25, 0.3) is 0 Å². The highest BCUT2D eigenvalue weighted by Gasteiger charge is 2.26. The molecule has 0 atom stereocenters. The standard InChI is InChI=1S/C68H55NO2/c1-4-16-44(17-5-1)45-30-36-52(37-31-45)69(53-38-32-48(33-39-53)57-26-14-28-59-63-55-24-12-10-22-50(55)42-61(67(63)70-65(57)59)46-18-6-2-7-19-46)54-40-34-49(35-41-54)58-27-15-29-60-64-56-25-13-11-23-51(56)43-62(68(64)71-66(58)60)47-20-8-3-9-21-47/h1,4-5,10-17,22-43,46-47H,2-3,6-9,18-21H2. The summed E-state index contributed by atoms with van der Waals surface area (Å²) in [6.45, 7) is 0. The number of hydrogen-bond donors (Lipinski definition) is 0. The van der Waals surface area contributed by atoms with Crippen LogP contribution in [-0.2, 0) is 0 Å². The first-order chi connectivity index (χ1) is 35.2. The first-order valence-corrected chi connectivity index (χ1v) is 26.1. The second-order valence-electron chi connectivity index (χ2n) is 20.4. The highest BCUT2D eigenvalue weighted by Crippen LogP contribution is 2.48. The molecule has 0 unspecified atom stereocenters. The second kappa shape index (κ2) is 17.5. The molecular formula is C68H55NO2. The van der Waals surface area contributed by atoms with Crippen LogP contribution >= 0.6 is 0 Å². The summed E-state index contributed by atoms with van der Waals surface area (Å²) >= 11 is 0. The first-order valence-electron chi connectivity index (χ1n) is 26.1. The maximum Gasteiger partial charge on any atom is 0.143 e. The molecule has 3 nitrogen and oxygen atoms in total. The molecule has 71 heavy (non-hydrogen) atoms. The predicted molar refractivity (Wildman–Crippen MR) is 299 cm³/mol. The van der Waals surface area contributed by atoms with Crippen LogP contribution in [0.2, 0.25) is 0 Å². The fraction of sp³-hybridized carbons (Fsp3) is 0.176. The Morgan fingerprint density at radius 1 is 0.310 bits per heavy atom. The van der Waals surface area contributed by atoms with E-state index in [1.807, 2.05) is 0 Å². The number of anilines is 3. The minimum Gasteiger partial charge on any atom is -0.455 e. The van der Waals surface area contributed by atoms with Crippen LogP contribution in [0.1, 0.15) is 87.2 Å². The third-order valence-corrected chi connectivity index (χ3v) is 16.2. The number of benzene rings is 10. The SMILES string of the molecule is c1ccc(-c2ccc(N(c3ccc(-c4cccc5c4oc4c(C6CCCCC6)cc6ccccc6c45)cc3)c3ccc(-c4cccc5c4oc4c(C6CCCCC6)cc6ccccc6c45)cc3)cc2)cc1. The number of hydrogen-bond acceptors (Lipinski definition) is 3. The number of furan rings is 2. The normalized spacial score (nSPS) is 14.9. The fourth-order valence-corrected chi connectivity index (χ4v) is 12.7. The third kappa shape index (κ3) is 7.24. The van der Waals surface area contributed by atoms with E-state index in [1.165, 1.54) is 130 Å². The monoisotopic (exact) mass is 917 g/mol. The number of para-hydroxylation sites is 2. The molecule has 0 aliphatic heterocycles. The van der Waals surface area contributed by atoms with Crippen molar-refractivity contribution in [1.29, 1.82) is 0 Å². The van der Waals surface area contributed by atoms with Gasteiger partial charge >= 0.3 is 0 Å². The number of fused-ring (bicyclic) bond motifs is 10. The Balaban J connectivity index is 0.866. The Morgan fingerprint density at radius 2 is 0.690 bits per heavy atom. The van der Waals surface area contributed by atoms with E-state index < -0.39 is 0 Å². The summed E-state index contributed by atoms with van der Waals surface area (Å²) in [5.41, 5.74) is 17.0. The van der Waals surface area contributed by atoms with Crippen LogP contribution in [0.15, 0.2) is 209 Å². The molecule has 2 saturated carbocycles. The van der Waals surface area contributed by atoms with Gasteiger partial charge in [0.1, 0.15) is 22.3 Å². The maximum atomic E-state index is 7.12. The van der Waals surface area contributed by atoms with Crippen molar-refractivity contribution in [3.63, 3.8) is 0 Å². The predicted octanol–water partition coefficient (Wildman–Crippen LogP) is 20.4. The zero-order valence-corrected chi connectivity index (χ0v) is 40.0. The second-order valence-corrected chi connectivity index (χ2v) is 20.4. The van der Waals surface area contributed by atoms with Gasteiger partial charge in [0.2, 0.25) is 0 Å². The molecule has 10 aromatic carbocycles. The van der Waals surface area contributed by atoms with Crippen LogP contribution < -0.4 is 4.90 Å². The van der Waals surface area contributed by atoms with E-state index in [0.29, 0.717) is 11.8 Å². The summed E-state index contributed by atoms with van der Waals surface area (Å²) in [5, 5.41) is 10.00. The number of nitrogens with zero attached hydrogens (tertiary/aromatic N) is 1. The molecule has 0 bridgehead atoms. The van der Waals surface area contributed by atoms with Gasteiger partial charge in [0.15, 0.2) is 0 Å². The van der Waals surface area contributed by atoms with Gasteiger partial charge in [-0.3, -0.25) is 0 Å². The van der Waals surface area contributed by atoms with Gasteiger partial charge in [-0.15, -0.1) is 0 Å². The smallest absolute Gasteiger partial charge is 0.143 e. The molecule has 2 heterocycles. The average Bonchev–Trinajstić information content (AvgIpc) is 4.05. The Morgan fingerprint density at radius 3 is 1.14 bits per heavy atom. The summed E-state index contributed by atoms with van der Waals surface area (Å²) in [6, 6.07) is 73.7. The van der Waals surface area contributed by atoms with Gasteiger partial charge < -0.3 is 13.7 Å². The van der Waals surface area contributed by atoms with Crippen molar-refractivity contribution in [2.45, 2.75) is 76.0 Å². The molecule has 2 aliphatic carbocycles. The van der Waals surface area contributed by atoms with E-state index in [9.17, 15) is 0 Å². The Labute approximate surface area is 415 Å². The topological polar surface area (TPSA) is 29.5 Å². The summed E-state index contributed by atoms with van der Waals surface area (Å²) in [7, 11) is 0. The molecule has 0 saturated heterocycles. The van der Waals surface area contributed by atoms with Crippen molar-refractivity contribution < 1.29 is 8.83 Å². The van der Waals surface area contributed by atoms with Crippen LogP contribution in [0.25, 0.3) is 98.8 Å². The van der Waals surface area contributed by atoms with Gasteiger partial charge in [-0.2, -0.15) is 0 Å². The number of rotatable bonds is 8. The van der Waals surface area contributed by atoms with E-state index in [-0.39, 0.29) is 0 Å². The van der Waals surface area contributed by atoms with Crippen molar-refractivity contribution in [2.24, 2.45) is 0 Å². The Bertz CT molecular complexity index is 3700. The van der Waals surface area contributed by atoms with Gasteiger partial charge in [-0.1, -0.05) is 190 Å². The largest absolute Gasteiger partial charge is 0.455 e. The third-order valence-electron chi connectivity index (χ3n) is 16.2. The lowest BCUT2D eigenvalue weighted by molar-refractivity contribution is 0.442. The summed E-state index contributed by atoms with van der Waals surface area (Å²) in [4.78, 5) is 2.37. The van der Waals surface area contributed by atoms with Crippen LogP contribution in [0.4, 0.5) is 17.1 Å². The van der Waals surface area contributed by atoms with Gasteiger partial charge in [0, 0.05) is 49.7 Å². The lowest BCUT2D eigenvalue weighted by Gasteiger charge is -2.26. The van der Waals surface area contributed by atoms with E-state index in [1.54, 1.807) is 0 Å². The van der Waals surface area contributed by atoms with E-state index >= 15 is 0 Å². The molecule has 2 aliphatic rings. The summed E-state index contributed by atoms with van der Waals surface area (Å²) in [5.74, 6) is 1.06. The molecule has 0 spiro atoms. The molecule has 3 heteroatoms. The minimum atomic E-state index is 0.528. The lowest BCUT2D eigenvalue weighted by Crippen LogP contribution is -2.09. The van der Waals surface area contributed by atoms with Crippen LogP contribution in [0.3, 0.4) is 0 Å². The summed E-state index contributed by atoms with van der Waals surface area (Å²) < 4.78 is 14.2. The molecule has 0 N–H and O–H groups in total. The first kappa shape index (κ1) is 42.0. The minimum absolute atomic E-state index is 0.528. The lowest BCUT2D eigenvalue weighted by atomic mass is 9.82. The van der Waals surface area contributed by atoms with Gasteiger partial charge in [-0.25, -0.2) is 0 Å². The van der Waals surface area contributed by atoms with E-state index in [0.717, 1.165) is 61.6 Å². The fourth-order valence-electron chi connectivity index (χ4n) is 12.7. The van der Waals surface area contributed by atoms with Gasteiger partial charge in [-0.05, 0) is 141 Å². The highest BCUT2D eigenvalue weighted by atomic mass is 16.3. The van der Waals surface area contributed by atoms with Crippen LogP contribution in [-0.4, -0.2) is 0 Å². The summed E-state index contributed by atoms with van der Waals surface area (Å²) in [6.07, 6.45) is 12.7. The Kier molecular flexibility index (Phi) is 10.4. The van der Waals surface area contributed by atoms with Crippen molar-refractivity contribution in [3.05, 3.63) is 211 Å². The molecule has 14 rings (SSSR count). The van der Waals surface area contributed by atoms with E-state index in [4.69, 9.17) is 8.83 Å². The molecular weight excluding hydrogens is 863 g/mol. The van der Waals surface area contributed by atoms with Crippen LogP contribution in [0, 0.1) is 0 Å². The van der Waals surface area contributed by atoms with Crippen molar-refractivity contribution in [1.82, 2.24) is 0 Å². The molecule has 344 valence electrons. The van der Waals surface area contributed by atoms with Crippen molar-refractivity contribution in [3.8, 4) is 33.4 Å². The van der Waals surface area contributed by atoms with E-state index in [2.05, 4.69) is 205 Å². The molecule has 0 radical (unpaired) electrons. The average molecular weight is 918 g/mol. The van der Waals surface area contributed by atoms with Crippen molar-refractivity contribution >= 4 is 82.5 Å². The Hall–Kier alpha value is -7.88. The zero-order valence-electron chi connectivity index (χ0n) is 40.0. The highest BCUT2D eigenvalue weighted by molar-refractivity contribution is 6.23. The quantitative estimate of drug-likeness (QED) is 0.152. The van der Waals surface area contributed by atoms with Gasteiger partial charge in [0.05, 0.1) is 0 Å². The molecule has 12 aromatic rings. The zero-order chi connectivity index (χ0) is 46.8. The van der Waals surface area contributed by atoms with Crippen molar-refractivity contribution in [2.75, 3.05) is 4.90 Å². The maximum absolute atomic E-state index is 7.12. The van der Waals surface area contributed by atoms with Crippen LogP contribution in [0.5, 0.6) is 0 Å².